The molecule has 2 aliphatic heterocycles. The summed E-state index contributed by atoms with van der Waals surface area (Å²) < 4.78 is 24.1. The second-order valence-corrected chi connectivity index (χ2v) is 11.6. The van der Waals surface area contributed by atoms with E-state index in [4.69, 9.17) is 41.3 Å². The number of nitrogens with one attached hydrogen (secondary N) is 3. The fourth-order valence-corrected chi connectivity index (χ4v) is 5.58. The van der Waals surface area contributed by atoms with E-state index >= 15 is 0 Å². The summed E-state index contributed by atoms with van der Waals surface area (Å²) in [5.74, 6) is -1.91. The van der Waals surface area contributed by atoms with Crippen LogP contribution >= 0.6 is 0 Å². The highest BCUT2D eigenvalue weighted by atomic mass is 16.7. The molecule has 1 aliphatic carbocycles. The van der Waals surface area contributed by atoms with Gasteiger partial charge in [-0.15, -0.1) is 0 Å². The maximum absolute atomic E-state index is 12.8. The monoisotopic (exact) mass is 606 g/mol. The van der Waals surface area contributed by atoms with E-state index < -0.39 is 78.3 Å². The van der Waals surface area contributed by atoms with Crippen LogP contribution in [0.5, 0.6) is 0 Å². The summed E-state index contributed by atoms with van der Waals surface area (Å²) in [4.78, 5) is 12.8. The summed E-state index contributed by atoms with van der Waals surface area (Å²) >= 11 is 0. The normalized spacial score (nSPS) is 41.5. The number of rotatable bonds is 13. The Morgan fingerprint density at radius 1 is 1.24 bits per heavy atom. The summed E-state index contributed by atoms with van der Waals surface area (Å²) in [5, 5.41) is 61.3. The third-order valence-corrected chi connectivity index (χ3v) is 8.06. The molecule has 1 amide bonds. The maximum atomic E-state index is 12.8. The number of nitrogens with two attached hydrogens (primary N) is 3. The van der Waals surface area contributed by atoms with Crippen LogP contribution in [0.4, 0.5) is 0 Å². The molecule has 0 aromatic rings. The molecule has 0 bridgehead atoms. The Morgan fingerprint density at radius 3 is 2.60 bits per heavy atom. The SMILES string of the molecule is CN[C@@H]1[C@@H](O)[C@@](C)(O[C@@H]2[C@@H](O)[C@H](O[C@H]3OC(CNCCO)=CC[C@H]3N)[C@@H](N)C[C@H]2NC(=O)[C@H](O)CCN)OC[C@]1(C)O. The van der Waals surface area contributed by atoms with E-state index in [1.807, 2.05) is 6.08 Å². The topological polar surface area (TPSA) is 269 Å². The number of carbonyl (C=O) groups excluding carboxylic acids is 1. The molecule has 0 spiro atoms. The quantitative estimate of drug-likeness (QED) is 0.0877. The zero-order valence-corrected chi connectivity index (χ0v) is 24.5. The van der Waals surface area contributed by atoms with Crippen molar-refractivity contribution in [1.29, 1.82) is 0 Å². The Morgan fingerprint density at radius 2 is 1.95 bits per heavy atom. The largest absolute Gasteiger partial charge is 0.467 e. The van der Waals surface area contributed by atoms with Gasteiger partial charge in [0.15, 0.2) is 5.79 Å². The molecular formula is C26H50N6O10. The van der Waals surface area contributed by atoms with Crippen LogP contribution in [-0.4, -0.2) is 144 Å². The minimum absolute atomic E-state index is 0.0167. The summed E-state index contributed by atoms with van der Waals surface area (Å²) in [7, 11) is 1.57. The van der Waals surface area contributed by atoms with Gasteiger partial charge in [0.05, 0.1) is 37.9 Å². The molecular weight excluding hydrogens is 556 g/mol. The Balaban J connectivity index is 1.84. The van der Waals surface area contributed by atoms with Gasteiger partial charge in [-0.05, 0) is 52.8 Å². The molecule has 14 N–H and O–H groups in total. The molecule has 2 heterocycles. The fraction of sp³-hybridized carbons (Fsp3) is 0.885. The van der Waals surface area contributed by atoms with Crippen LogP contribution in [0, 0.1) is 0 Å². The van der Waals surface area contributed by atoms with Crippen molar-refractivity contribution in [2.24, 2.45) is 17.2 Å². The van der Waals surface area contributed by atoms with E-state index in [0.29, 0.717) is 25.3 Å². The summed E-state index contributed by atoms with van der Waals surface area (Å²) in [6.07, 6.45) is -5.26. The first-order valence-corrected chi connectivity index (χ1v) is 14.4. The lowest BCUT2D eigenvalue weighted by molar-refractivity contribution is -0.356. The smallest absolute Gasteiger partial charge is 0.249 e. The van der Waals surface area contributed by atoms with Crippen molar-refractivity contribution in [2.45, 2.75) is 105 Å². The van der Waals surface area contributed by atoms with Crippen molar-refractivity contribution < 1.29 is 49.3 Å². The molecule has 16 heteroatoms. The number of aliphatic hydroxyl groups is 5. The number of ether oxygens (including phenoxy) is 4. The molecule has 16 nitrogen and oxygen atoms in total. The number of hydrogen-bond acceptors (Lipinski definition) is 15. The third-order valence-electron chi connectivity index (χ3n) is 8.06. The Hall–Kier alpha value is -1.51. The van der Waals surface area contributed by atoms with Crippen molar-refractivity contribution in [3.05, 3.63) is 11.8 Å². The van der Waals surface area contributed by atoms with E-state index in [0.717, 1.165) is 0 Å². The first kappa shape index (κ1) is 35.0. The van der Waals surface area contributed by atoms with Crippen LogP contribution in [0.1, 0.15) is 33.1 Å². The van der Waals surface area contributed by atoms with Gasteiger partial charge in [0, 0.05) is 12.6 Å². The number of hydrogen-bond donors (Lipinski definition) is 11. The van der Waals surface area contributed by atoms with Gasteiger partial charge < -0.3 is 77.6 Å². The highest BCUT2D eigenvalue weighted by molar-refractivity contribution is 5.80. The van der Waals surface area contributed by atoms with E-state index in [1.165, 1.54) is 13.8 Å². The first-order chi connectivity index (χ1) is 19.8. The minimum atomic E-state index is -1.74. The molecule has 0 unspecified atom stereocenters. The van der Waals surface area contributed by atoms with E-state index in [9.17, 15) is 25.2 Å². The van der Waals surface area contributed by atoms with Crippen molar-refractivity contribution in [1.82, 2.24) is 16.0 Å². The minimum Gasteiger partial charge on any atom is -0.467 e. The zero-order chi connectivity index (χ0) is 31.2. The van der Waals surface area contributed by atoms with Crippen LogP contribution < -0.4 is 33.2 Å². The maximum Gasteiger partial charge on any atom is 0.249 e. The number of likely N-dealkylation sites (N-methyl/N-ethyl adjacent to an activating group) is 1. The standard InChI is InChI=1S/C26H50N6O10/c1-25(38)12-39-26(2,22(36)21(25)30-3)42-20-16(32-23(37)17(34)6-7-27)10-15(29)19(18(20)35)41-24-14(28)5-4-13(40-24)11-31-8-9-33/h4,14-22,24,30-31,33-36,38H,5-12,27-29H2,1-3H3,(H,32,37)/t14-,15+,16-,17-,18+,19-,20+,21-,22-,24-,25+,26-/m1/s1. The zero-order valence-electron chi connectivity index (χ0n) is 24.5. The Kier molecular flexibility index (Phi) is 12.5. The van der Waals surface area contributed by atoms with E-state index in [1.54, 1.807) is 7.05 Å². The van der Waals surface area contributed by atoms with Crippen molar-refractivity contribution in [3.63, 3.8) is 0 Å². The average molecular weight is 607 g/mol. The van der Waals surface area contributed by atoms with Crippen LogP contribution in [0.3, 0.4) is 0 Å². The molecule has 0 aromatic carbocycles. The van der Waals surface area contributed by atoms with E-state index in [-0.39, 0.29) is 32.6 Å². The lowest BCUT2D eigenvalue weighted by Gasteiger charge is -2.52. The predicted octanol–water partition coefficient (Wildman–Crippen LogP) is -4.97. The second kappa shape index (κ2) is 15.0. The molecule has 1 saturated carbocycles. The highest BCUT2D eigenvalue weighted by Crippen LogP contribution is 2.37. The number of aliphatic hydroxyl groups excluding tert-OH is 4. The molecule has 0 aromatic heterocycles. The molecule has 42 heavy (non-hydrogen) atoms. The fourth-order valence-electron chi connectivity index (χ4n) is 5.58. The Labute approximate surface area is 245 Å². The van der Waals surface area contributed by atoms with Gasteiger partial charge in [-0.3, -0.25) is 4.79 Å². The molecule has 3 aliphatic rings. The number of carbonyl (C=O) groups is 1. The molecule has 3 rings (SSSR count). The summed E-state index contributed by atoms with van der Waals surface area (Å²) in [6.45, 7) is 3.51. The highest BCUT2D eigenvalue weighted by Gasteiger charge is 2.56. The van der Waals surface area contributed by atoms with Crippen molar-refractivity contribution in [2.75, 3.05) is 39.9 Å². The van der Waals surface area contributed by atoms with Gasteiger partial charge in [0.2, 0.25) is 12.2 Å². The molecule has 244 valence electrons. The third kappa shape index (κ3) is 8.15. The first-order valence-electron chi connectivity index (χ1n) is 14.4. The average Bonchev–Trinajstić information content (AvgIpc) is 2.93. The molecule has 2 fully saturated rings. The van der Waals surface area contributed by atoms with Crippen LogP contribution in [0.2, 0.25) is 0 Å². The predicted molar refractivity (Wildman–Crippen MR) is 149 cm³/mol. The van der Waals surface area contributed by atoms with Gasteiger partial charge in [-0.1, -0.05) is 0 Å². The van der Waals surface area contributed by atoms with Crippen LogP contribution in [-0.2, 0) is 23.7 Å². The van der Waals surface area contributed by atoms with E-state index in [2.05, 4.69) is 16.0 Å². The lowest BCUT2D eigenvalue weighted by Crippen LogP contribution is -2.72. The lowest BCUT2D eigenvalue weighted by atomic mass is 9.82. The second-order valence-electron chi connectivity index (χ2n) is 11.6. The van der Waals surface area contributed by atoms with Gasteiger partial charge in [-0.2, -0.15) is 0 Å². The van der Waals surface area contributed by atoms with Crippen LogP contribution in [0.25, 0.3) is 0 Å². The van der Waals surface area contributed by atoms with Gasteiger partial charge in [0.25, 0.3) is 0 Å². The molecule has 12 atom stereocenters. The molecule has 0 radical (unpaired) electrons. The van der Waals surface area contributed by atoms with Gasteiger partial charge in [-0.25, -0.2) is 0 Å². The van der Waals surface area contributed by atoms with Gasteiger partial charge in [0.1, 0.15) is 41.9 Å². The molecule has 1 saturated heterocycles. The van der Waals surface area contributed by atoms with Crippen molar-refractivity contribution >= 4 is 5.91 Å². The summed E-state index contributed by atoms with van der Waals surface area (Å²) in [5.41, 5.74) is 16.8. The Bertz CT molecular complexity index is 915. The number of amides is 1. The van der Waals surface area contributed by atoms with Crippen molar-refractivity contribution in [3.8, 4) is 0 Å². The van der Waals surface area contributed by atoms with Gasteiger partial charge >= 0.3 is 0 Å². The van der Waals surface area contributed by atoms with Crippen LogP contribution in [0.15, 0.2) is 11.8 Å². The summed E-state index contributed by atoms with van der Waals surface area (Å²) in [6, 6.07) is -3.19.